The zero-order valence-corrected chi connectivity index (χ0v) is 16.0. The largest absolute Gasteiger partial charge is 0.477 e. The molecule has 3 rings (SSSR count). The lowest BCUT2D eigenvalue weighted by molar-refractivity contribution is -0.203. The SMILES string of the molecule is Cn1cc(-n2nc(-c3ccc(CF)cc3)c(C[C@H](O)C(F)(F)F)c(C(=O)O)c2=O)cn1. The molecule has 3 aromatic rings. The highest BCUT2D eigenvalue weighted by Gasteiger charge is 2.40. The van der Waals surface area contributed by atoms with Crippen molar-refractivity contribution in [3.63, 3.8) is 0 Å². The Balaban J connectivity index is 2.33. The molecule has 2 heterocycles. The van der Waals surface area contributed by atoms with E-state index < -0.39 is 48.0 Å². The van der Waals surface area contributed by atoms with E-state index in [4.69, 9.17) is 0 Å². The van der Waals surface area contributed by atoms with Gasteiger partial charge in [0.05, 0.1) is 18.1 Å². The van der Waals surface area contributed by atoms with Crippen LogP contribution in [0.3, 0.4) is 0 Å². The van der Waals surface area contributed by atoms with Crippen molar-refractivity contribution in [3.8, 4) is 16.9 Å². The van der Waals surface area contributed by atoms with Crippen molar-refractivity contribution in [3.05, 3.63) is 63.7 Å². The van der Waals surface area contributed by atoms with Gasteiger partial charge >= 0.3 is 12.1 Å². The van der Waals surface area contributed by atoms with Crippen molar-refractivity contribution in [1.29, 1.82) is 0 Å². The molecule has 1 aromatic carbocycles. The van der Waals surface area contributed by atoms with Gasteiger partial charge in [0, 0.05) is 24.6 Å². The summed E-state index contributed by atoms with van der Waals surface area (Å²) in [4.78, 5) is 24.7. The molecular formula is C19H16F4N4O4. The maximum Gasteiger partial charge on any atom is 0.414 e. The molecular weight excluding hydrogens is 424 g/mol. The van der Waals surface area contributed by atoms with E-state index in [2.05, 4.69) is 10.2 Å². The number of hydrogen-bond donors (Lipinski definition) is 2. The number of aliphatic hydroxyl groups is 1. The summed E-state index contributed by atoms with van der Waals surface area (Å²) in [6.07, 6.45) is -6.60. The van der Waals surface area contributed by atoms with Crippen molar-refractivity contribution < 1.29 is 32.6 Å². The summed E-state index contributed by atoms with van der Waals surface area (Å²) >= 11 is 0. The van der Waals surface area contributed by atoms with Gasteiger partial charge in [-0.2, -0.15) is 28.1 Å². The number of hydrogen-bond acceptors (Lipinski definition) is 5. The molecule has 8 nitrogen and oxygen atoms in total. The summed E-state index contributed by atoms with van der Waals surface area (Å²) in [5.41, 5.74) is -2.51. The zero-order valence-electron chi connectivity index (χ0n) is 16.0. The monoisotopic (exact) mass is 440 g/mol. The molecule has 2 aromatic heterocycles. The van der Waals surface area contributed by atoms with Gasteiger partial charge in [-0.05, 0) is 5.56 Å². The van der Waals surface area contributed by atoms with Crippen LogP contribution in [-0.4, -0.2) is 48.0 Å². The summed E-state index contributed by atoms with van der Waals surface area (Å²) in [5.74, 6) is -1.78. The first-order chi connectivity index (χ1) is 14.5. The van der Waals surface area contributed by atoms with Crippen molar-refractivity contribution in [2.24, 2.45) is 7.05 Å². The third-order valence-electron chi connectivity index (χ3n) is 4.50. The van der Waals surface area contributed by atoms with Crippen LogP contribution in [0.1, 0.15) is 21.5 Å². The fourth-order valence-electron chi connectivity index (χ4n) is 2.96. The smallest absolute Gasteiger partial charge is 0.414 e. The van der Waals surface area contributed by atoms with Crippen LogP contribution in [-0.2, 0) is 20.1 Å². The van der Waals surface area contributed by atoms with Gasteiger partial charge in [-0.1, -0.05) is 24.3 Å². The van der Waals surface area contributed by atoms with Crippen molar-refractivity contribution >= 4 is 5.97 Å². The van der Waals surface area contributed by atoms with Gasteiger partial charge in [-0.15, -0.1) is 0 Å². The molecule has 0 saturated heterocycles. The van der Waals surface area contributed by atoms with E-state index in [1.807, 2.05) is 0 Å². The molecule has 0 spiro atoms. The van der Waals surface area contributed by atoms with Gasteiger partial charge in [0.25, 0.3) is 5.56 Å². The van der Waals surface area contributed by atoms with Gasteiger partial charge in [0.1, 0.15) is 17.9 Å². The average molecular weight is 440 g/mol. The summed E-state index contributed by atoms with van der Waals surface area (Å²) in [7, 11) is 1.54. The molecule has 0 radical (unpaired) electrons. The summed E-state index contributed by atoms with van der Waals surface area (Å²) in [6, 6.07) is 5.37. The highest BCUT2D eigenvalue weighted by molar-refractivity contribution is 5.91. The molecule has 0 fully saturated rings. The third kappa shape index (κ3) is 4.48. The van der Waals surface area contributed by atoms with Crippen LogP contribution in [0.2, 0.25) is 0 Å². The fraction of sp³-hybridized carbons (Fsp3) is 0.263. The van der Waals surface area contributed by atoms with Crippen molar-refractivity contribution in [2.75, 3.05) is 0 Å². The van der Waals surface area contributed by atoms with Crippen molar-refractivity contribution in [2.45, 2.75) is 25.4 Å². The van der Waals surface area contributed by atoms with Gasteiger partial charge in [-0.25, -0.2) is 9.18 Å². The van der Waals surface area contributed by atoms with Crippen LogP contribution in [0.15, 0.2) is 41.5 Å². The number of halogens is 4. The standard InChI is InChI=1S/C19H16F4N4O4/c1-26-9-12(8-24-26)27-17(29)15(18(30)31)13(6-14(28)19(21,22)23)16(25-27)11-4-2-10(7-20)3-5-11/h2-5,8-9,14,28H,6-7H2,1H3,(H,30,31)/t14-/m0/s1. The van der Waals surface area contributed by atoms with Crippen LogP contribution in [0.5, 0.6) is 0 Å². The second-order valence-electron chi connectivity index (χ2n) is 6.69. The van der Waals surface area contributed by atoms with Crippen LogP contribution >= 0.6 is 0 Å². The Morgan fingerprint density at radius 3 is 2.35 bits per heavy atom. The first kappa shape index (κ1) is 22.2. The van der Waals surface area contributed by atoms with E-state index in [0.29, 0.717) is 4.68 Å². The van der Waals surface area contributed by atoms with Crippen LogP contribution in [0.25, 0.3) is 16.9 Å². The number of aliphatic hydroxyl groups excluding tert-OH is 1. The fourth-order valence-corrected chi connectivity index (χ4v) is 2.96. The predicted octanol–water partition coefficient (Wildman–Crippen LogP) is 2.27. The number of carbonyl (C=O) groups is 1. The molecule has 12 heteroatoms. The Morgan fingerprint density at radius 1 is 1.23 bits per heavy atom. The summed E-state index contributed by atoms with van der Waals surface area (Å²) < 4.78 is 53.9. The van der Waals surface area contributed by atoms with E-state index >= 15 is 0 Å². The van der Waals surface area contributed by atoms with E-state index in [9.17, 15) is 37.4 Å². The van der Waals surface area contributed by atoms with E-state index in [1.165, 1.54) is 48.4 Å². The number of aromatic carboxylic acids is 1. The lowest BCUT2D eigenvalue weighted by Gasteiger charge is -2.19. The Labute approximate surface area is 172 Å². The summed E-state index contributed by atoms with van der Waals surface area (Å²) in [6.45, 7) is -0.789. The lowest BCUT2D eigenvalue weighted by atomic mass is 9.96. The molecule has 0 aliphatic rings. The lowest BCUT2D eigenvalue weighted by Crippen LogP contribution is -2.35. The highest BCUT2D eigenvalue weighted by Crippen LogP contribution is 2.29. The molecule has 0 aliphatic carbocycles. The second kappa shape index (κ2) is 8.30. The Hall–Kier alpha value is -3.54. The van der Waals surface area contributed by atoms with E-state index in [1.54, 1.807) is 0 Å². The van der Waals surface area contributed by atoms with Gasteiger partial charge in [-0.3, -0.25) is 9.48 Å². The third-order valence-corrected chi connectivity index (χ3v) is 4.50. The van der Waals surface area contributed by atoms with Gasteiger partial charge in [0.15, 0.2) is 6.10 Å². The molecule has 0 amide bonds. The first-order valence-corrected chi connectivity index (χ1v) is 8.81. The van der Waals surface area contributed by atoms with Crippen molar-refractivity contribution in [1.82, 2.24) is 19.6 Å². The van der Waals surface area contributed by atoms with Gasteiger partial charge in [0.2, 0.25) is 0 Å². The van der Waals surface area contributed by atoms with Crippen LogP contribution < -0.4 is 5.56 Å². The number of aromatic nitrogens is 4. The maximum atomic E-state index is 13.0. The molecule has 1 atom stereocenters. The number of alkyl halides is 4. The molecule has 0 unspecified atom stereocenters. The van der Waals surface area contributed by atoms with Gasteiger partial charge < -0.3 is 10.2 Å². The van der Waals surface area contributed by atoms with E-state index in [0.717, 1.165) is 0 Å². The number of carboxylic acids is 1. The average Bonchev–Trinajstić information content (AvgIpc) is 3.13. The predicted molar refractivity (Wildman–Crippen MR) is 99.6 cm³/mol. The molecule has 0 bridgehead atoms. The Kier molecular flexibility index (Phi) is 5.93. The summed E-state index contributed by atoms with van der Waals surface area (Å²) in [5, 5.41) is 27.1. The maximum absolute atomic E-state index is 13.0. The van der Waals surface area contributed by atoms with Crippen LogP contribution in [0, 0.1) is 0 Å². The number of carboxylic acid groups (broad SMARTS) is 1. The topological polar surface area (TPSA) is 110 Å². The number of benzene rings is 1. The number of rotatable bonds is 6. The molecule has 31 heavy (non-hydrogen) atoms. The quantitative estimate of drug-likeness (QED) is 0.569. The first-order valence-electron chi connectivity index (χ1n) is 8.81. The molecule has 0 saturated carbocycles. The number of nitrogens with zero attached hydrogens (tertiary/aromatic N) is 4. The van der Waals surface area contributed by atoms with Crippen LogP contribution in [0.4, 0.5) is 17.6 Å². The minimum Gasteiger partial charge on any atom is -0.477 e. The normalized spacial score (nSPS) is 12.7. The second-order valence-corrected chi connectivity index (χ2v) is 6.69. The minimum absolute atomic E-state index is 0.0829. The van der Waals surface area contributed by atoms with E-state index in [-0.39, 0.29) is 22.5 Å². The Bertz CT molecular complexity index is 1170. The highest BCUT2D eigenvalue weighted by atomic mass is 19.4. The molecule has 2 N–H and O–H groups in total. The number of aryl methyl sites for hydroxylation is 1. The molecule has 164 valence electrons. The Morgan fingerprint density at radius 2 is 1.87 bits per heavy atom. The minimum atomic E-state index is -5.05. The zero-order chi connectivity index (χ0) is 22.9. The molecule has 0 aliphatic heterocycles.